The van der Waals surface area contributed by atoms with E-state index in [1.807, 2.05) is 48.5 Å². The third-order valence-electron chi connectivity index (χ3n) is 8.35. The lowest BCUT2D eigenvalue weighted by Crippen LogP contribution is -2.38. The Morgan fingerprint density at radius 1 is 0.760 bits per heavy atom. The fourth-order valence-corrected chi connectivity index (χ4v) is 6.06. The number of benzene rings is 4. The summed E-state index contributed by atoms with van der Waals surface area (Å²) in [4.78, 5) is 18.6. The minimum absolute atomic E-state index is 0.211. The maximum Gasteiger partial charge on any atom is 0.255 e. The number of nitrogens with zero attached hydrogens (tertiary/aromatic N) is 1. The number of fused-ring (bicyclic) bond motifs is 1. The van der Waals surface area contributed by atoms with Crippen LogP contribution in [0.15, 0.2) is 71.9 Å². The Morgan fingerprint density at radius 3 is 2.18 bits per heavy atom. The molecule has 4 aromatic rings. The van der Waals surface area contributed by atoms with E-state index in [2.05, 4.69) is 15.8 Å². The second-order valence-corrected chi connectivity index (χ2v) is 11.8. The predicted molar refractivity (Wildman–Crippen MR) is 188 cm³/mol. The van der Waals surface area contributed by atoms with E-state index in [1.54, 1.807) is 53.7 Å². The number of hydrogen-bond donors (Lipinski definition) is 2. The van der Waals surface area contributed by atoms with Crippen LogP contribution in [0.2, 0.25) is 5.02 Å². The summed E-state index contributed by atoms with van der Waals surface area (Å²) < 4.78 is 40.0. The summed E-state index contributed by atoms with van der Waals surface area (Å²) in [6.45, 7) is 0.752. The van der Waals surface area contributed by atoms with Crippen molar-refractivity contribution in [1.82, 2.24) is 5.32 Å². The molecule has 0 bridgehead atoms. The topological polar surface area (TPSA) is 127 Å². The highest BCUT2D eigenvalue weighted by atomic mass is 35.5. The summed E-state index contributed by atoms with van der Waals surface area (Å²) in [5.74, 6) is 3.64. The second-order valence-electron chi connectivity index (χ2n) is 11.3. The molecule has 2 aliphatic rings. The number of amides is 1. The molecule has 2 unspecified atom stereocenters. The molecule has 50 heavy (non-hydrogen) atoms. The Labute approximate surface area is 295 Å². The van der Waals surface area contributed by atoms with Crippen LogP contribution in [-0.4, -0.2) is 60.4 Å². The number of rotatable bonds is 14. The number of halogens is 1. The summed E-state index contributed by atoms with van der Waals surface area (Å²) in [5, 5.41) is 11.1. The van der Waals surface area contributed by atoms with E-state index >= 15 is 0 Å². The summed E-state index contributed by atoms with van der Waals surface area (Å²) in [7, 11) is 7.88. The quantitative estimate of drug-likeness (QED) is 0.133. The molecule has 1 amide bonds. The first-order valence-electron chi connectivity index (χ1n) is 15.9. The van der Waals surface area contributed by atoms with Crippen molar-refractivity contribution in [3.8, 4) is 40.2 Å². The number of oxime groups is 1. The van der Waals surface area contributed by atoms with Crippen LogP contribution in [0.4, 0.5) is 5.69 Å². The van der Waals surface area contributed by atoms with Gasteiger partial charge in [-0.3, -0.25) is 4.79 Å². The lowest BCUT2D eigenvalue weighted by Gasteiger charge is -2.28. The zero-order valence-corrected chi connectivity index (χ0v) is 29.1. The monoisotopic (exact) mass is 703 g/mol. The zero-order chi connectivity index (χ0) is 35.2. The van der Waals surface area contributed by atoms with E-state index in [0.717, 1.165) is 22.4 Å². The highest BCUT2D eigenvalue weighted by Gasteiger charge is 2.30. The lowest BCUT2D eigenvalue weighted by molar-refractivity contribution is 0.0832. The molecule has 6 rings (SSSR count). The van der Waals surface area contributed by atoms with Crippen molar-refractivity contribution >= 4 is 28.9 Å². The third kappa shape index (κ3) is 7.11. The lowest BCUT2D eigenvalue weighted by atomic mass is 9.98. The minimum atomic E-state index is -0.444. The molecule has 0 radical (unpaired) electrons. The molecule has 0 aromatic heterocycles. The van der Waals surface area contributed by atoms with E-state index in [-0.39, 0.29) is 12.0 Å². The molecular weight excluding hydrogens is 666 g/mol. The van der Waals surface area contributed by atoms with Gasteiger partial charge in [-0.2, -0.15) is 0 Å². The Morgan fingerprint density at radius 2 is 1.48 bits per heavy atom. The number of methoxy groups -OCH3 is 5. The molecule has 12 nitrogen and oxygen atoms in total. The molecular formula is C37H38ClN3O9. The maximum absolute atomic E-state index is 12.7. The number of carbonyl (C=O) groups is 1. The van der Waals surface area contributed by atoms with Gasteiger partial charge in [-0.15, -0.1) is 0 Å². The fourth-order valence-electron chi connectivity index (χ4n) is 5.88. The van der Waals surface area contributed by atoms with Crippen molar-refractivity contribution < 1.29 is 42.8 Å². The molecule has 0 aliphatic carbocycles. The van der Waals surface area contributed by atoms with Crippen LogP contribution in [0.5, 0.6) is 40.2 Å². The van der Waals surface area contributed by atoms with Crippen LogP contribution in [0.25, 0.3) is 0 Å². The number of para-hydroxylation sites is 1. The van der Waals surface area contributed by atoms with Crippen LogP contribution < -0.4 is 43.8 Å². The Balaban J connectivity index is 1.04. The summed E-state index contributed by atoms with van der Waals surface area (Å²) in [5.41, 5.74) is 4.36. The fraction of sp³-hybridized carbons (Fsp3) is 0.297. The van der Waals surface area contributed by atoms with Crippen LogP contribution in [0.1, 0.15) is 52.2 Å². The number of nitrogens with one attached hydrogen (secondary N) is 2. The summed E-state index contributed by atoms with van der Waals surface area (Å²) >= 11 is 6.06. The molecule has 0 saturated carbocycles. The van der Waals surface area contributed by atoms with Crippen LogP contribution in [0, 0.1) is 0 Å². The SMILES string of the molecule is COc1cc(C2NC(=O)c3cc(Cl)ccc3N2)ccc1OCCCOc1cccc(C2CC(c3cc(OC)c(OC)c(OC)c3)=NO2)c1OC. The van der Waals surface area contributed by atoms with Crippen molar-refractivity contribution in [3.05, 3.63) is 94.0 Å². The van der Waals surface area contributed by atoms with Gasteiger partial charge in [0.15, 0.2) is 40.6 Å². The van der Waals surface area contributed by atoms with Crippen LogP contribution >= 0.6 is 11.6 Å². The molecule has 0 saturated heterocycles. The van der Waals surface area contributed by atoms with E-state index in [4.69, 9.17) is 49.6 Å². The smallest absolute Gasteiger partial charge is 0.255 e. The normalized spacial score (nSPS) is 16.2. The van der Waals surface area contributed by atoms with Gasteiger partial charge in [-0.1, -0.05) is 35.0 Å². The molecule has 2 atom stereocenters. The average molecular weight is 704 g/mol. The Kier molecular flexibility index (Phi) is 10.6. The zero-order valence-electron chi connectivity index (χ0n) is 28.3. The van der Waals surface area contributed by atoms with Gasteiger partial charge in [0.25, 0.3) is 5.91 Å². The highest BCUT2D eigenvalue weighted by Crippen LogP contribution is 2.43. The molecule has 0 fully saturated rings. The number of carbonyl (C=O) groups excluding carboxylic acids is 1. The third-order valence-corrected chi connectivity index (χ3v) is 8.59. The minimum Gasteiger partial charge on any atom is -0.493 e. The highest BCUT2D eigenvalue weighted by molar-refractivity contribution is 6.31. The predicted octanol–water partition coefficient (Wildman–Crippen LogP) is 6.95. The van der Waals surface area contributed by atoms with Crippen LogP contribution in [-0.2, 0) is 4.84 Å². The van der Waals surface area contributed by atoms with Crippen LogP contribution in [0.3, 0.4) is 0 Å². The van der Waals surface area contributed by atoms with Gasteiger partial charge < -0.3 is 48.6 Å². The first kappa shape index (κ1) is 34.4. The van der Waals surface area contributed by atoms with E-state index in [0.29, 0.717) is 82.6 Å². The number of ether oxygens (including phenoxy) is 7. The van der Waals surface area contributed by atoms with Gasteiger partial charge in [0.05, 0.1) is 60.0 Å². The van der Waals surface area contributed by atoms with Gasteiger partial charge in [0, 0.05) is 34.7 Å². The average Bonchev–Trinajstić information content (AvgIpc) is 3.64. The van der Waals surface area contributed by atoms with Gasteiger partial charge in [-0.25, -0.2) is 0 Å². The van der Waals surface area contributed by atoms with E-state index in [9.17, 15) is 4.79 Å². The molecule has 2 aliphatic heterocycles. The summed E-state index contributed by atoms with van der Waals surface area (Å²) in [6.07, 6.45) is 0.261. The van der Waals surface area contributed by atoms with Crippen molar-refractivity contribution in [2.75, 3.05) is 54.1 Å². The first-order chi connectivity index (χ1) is 24.4. The van der Waals surface area contributed by atoms with Crippen molar-refractivity contribution in [1.29, 1.82) is 0 Å². The Bertz CT molecular complexity index is 1880. The maximum atomic E-state index is 12.7. The standard InChI is InChI=1S/C37H38ClN3O9/c1-43-31-16-21(36-39-26-12-11-23(38)19-25(26)37(42)40-36)10-13-28(31)48-14-7-15-49-29-9-6-8-24(34(29)46-4)30-20-27(41-50-30)22-17-32(44-2)35(47-5)33(18-22)45-3/h6,8-13,16-19,30,36,39H,7,14-15,20H2,1-5H3,(H,40,42). The second kappa shape index (κ2) is 15.4. The largest absolute Gasteiger partial charge is 0.493 e. The molecule has 262 valence electrons. The van der Waals surface area contributed by atoms with E-state index in [1.165, 1.54) is 0 Å². The van der Waals surface area contributed by atoms with Crippen molar-refractivity contribution in [2.24, 2.45) is 5.16 Å². The molecule has 13 heteroatoms. The van der Waals surface area contributed by atoms with Gasteiger partial charge in [0.1, 0.15) is 6.17 Å². The first-order valence-corrected chi connectivity index (χ1v) is 16.3. The molecule has 4 aromatic carbocycles. The molecule has 0 spiro atoms. The van der Waals surface area contributed by atoms with Gasteiger partial charge in [-0.05, 0) is 54.1 Å². The van der Waals surface area contributed by atoms with Crippen molar-refractivity contribution in [2.45, 2.75) is 25.1 Å². The van der Waals surface area contributed by atoms with E-state index < -0.39 is 6.17 Å². The molecule has 2 heterocycles. The van der Waals surface area contributed by atoms with Gasteiger partial charge in [0.2, 0.25) is 5.75 Å². The van der Waals surface area contributed by atoms with Gasteiger partial charge >= 0.3 is 0 Å². The summed E-state index contributed by atoms with van der Waals surface area (Å²) in [6, 6.07) is 20.1. The van der Waals surface area contributed by atoms with Crippen molar-refractivity contribution in [3.63, 3.8) is 0 Å². The Hall–Kier alpha value is -5.49. The number of hydrogen-bond acceptors (Lipinski definition) is 11. The molecule has 2 N–H and O–H groups in total. The number of anilines is 1.